The van der Waals surface area contributed by atoms with Gasteiger partial charge in [0, 0.05) is 5.56 Å². The number of methoxy groups -OCH3 is 1. The van der Waals surface area contributed by atoms with Crippen LogP contribution in [-0.4, -0.2) is 43.3 Å². The number of rotatable bonds is 5. The van der Waals surface area contributed by atoms with Gasteiger partial charge in [-0.1, -0.05) is 6.92 Å². The number of benzene rings is 1. The van der Waals surface area contributed by atoms with Crippen LogP contribution in [0.1, 0.15) is 23.7 Å². The molecule has 1 unspecified atom stereocenters. The van der Waals surface area contributed by atoms with Crippen LogP contribution >= 0.6 is 11.6 Å². The van der Waals surface area contributed by atoms with E-state index in [4.69, 9.17) is 21.1 Å². The highest BCUT2D eigenvalue weighted by Gasteiger charge is 2.35. The summed E-state index contributed by atoms with van der Waals surface area (Å²) < 4.78 is 10.1. The molecule has 1 aromatic rings. The molecule has 0 spiro atoms. The second-order valence-electron chi connectivity index (χ2n) is 4.74. The first-order valence-corrected chi connectivity index (χ1v) is 7.32. The quantitative estimate of drug-likeness (QED) is 0.469. The van der Waals surface area contributed by atoms with Gasteiger partial charge in [-0.3, -0.25) is 14.5 Å². The molecule has 6 nitrogen and oxygen atoms in total. The average molecular weight is 326 g/mol. The standard InChI is InChI=1S/C15H16ClNO5/c1-3-10(15(20)21-2)17-11-6-9(12(18)7-16)4-5-13(11)22-8-14(17)19/h4-6,10H,3,7-8H2,1-2H3. The predicted octanol–water partition coefficient (Wildman–Crippen LogP) is 1.79. The molecule has 1 aliphatic heterocycles. The van der Waals surface area contributed by atoms with Crippen LogP contribution in [0.3, 0.4) is 0 Å². The Morgan fingerprint density at radius 2 is 2.18 bits per heavy atom. The van der Waals surface area contributed by atoms with Gasteiger partial charge in [0.2, 0.25) is 0 Å². The maximum Gasteiger partial charge on any atom is 0.328 e. The molecule has 0 fully saturated rings. The van der Waals surface area contributed by atoms with Gasteiger partial charge in [-0.25, -0.2) is 4.79 Å². The second kappa shape index (κ2) is 6.79. The number of anilines is 1. The lowest BCUT2D eigenvalue weighted by molar-refractivity contribution is -0.144. The molecule has 1 atom stereocenters. The van der Waals surface area contributed by atoms with Crippen molar-refractivity contribution in [1.82, 2.24) is 0 Å². The highest BCUT2D eigenvalue weighted by atomic mass is 35.5. The average Bonchev–Trinajstić information content (AvgIpc) is 2.55. The molecule has 0 bridgehead atoms. The van der Waals surface area contributed by atoms with Crippen molar-refractivity contribution in [2.75, 3.05) is 24.5 Å². The van der Waals surface area contributed by atoms with Gasteiger partial charge in [-0.05, 0) is 24.6 Å². The molecular formula is C15H16ClNO5. The molecule has 0 aliphatic carbocycles. The topological polar surface area (TPSA) is 72.9 Å². The molecule has 0 aromatic heterocycles. The Bertz CT molecular complexity index is 616. The highest BCUT2D eigenvalue weighted by Crippen LogP contribution is 2.35. The zero-order chi connectivity index (χ0) is 16.3. The second-order valence-corrected chi connectivity index (χ2v) is 5.01. The third kappa shape index (κ3) is 2.92. The van der Waals surface area contributed by atoms with E-state index in [0.717, 1.165) is 0 Å². The first-order valence-electron chi connectivity index (χ1n) is 6.79. The number of ketones is 1. The van der Waals surface area contributed by atoms with E-state index in [-0.39, 0.29) is 24.2 Å². The number of hydrogen-bond donors (Lipinski definition) is 0. The summed E-state index contributed by atoms with van der Waals surface area (Å²) in [5.41, 5.74) is 0.737. The summed E-state index contributed by atoms with van der Waals surface area (Å²) in [6, 6.07) is 3.93. The number of Topliss-reactive ketones (excluding diaryl/α,β-unsaturated/α-hetero) is 1. The summed E-state index contributed by atoms with van der Waals surface area (Å²) >= 11 is 5.56. The van der Waals surface area contributed by atoms with Gasteiger partial charge in [-0.15, -0.1) is 11.6 Å². The molecule has 7 heteroatoms. The Hall–Kier alpha value is -2.08. The lowest BCUT2D eigenvalue weighted by Gasteiger charge is -2.34. The van der Waals surface area contributed by atoms with E-state index in [1.165, 1.54) is 18.1 Å². The summed E-state index contributed by atoms with van der Waals surface area (Å²) in [7, 11) is 1.27. The molecule has 2 rings (SSSR count). The van der Waals surface area contributed by atoms with Crippen LogP contribution in [0.5, 0.6) is 5.75 Å². The summed E-state index contributed by atoms with van der Waals surface area (Å²) in [5.74, 6) is -0.874. The maximum atomic E-state index is 12.2. The maximum absolute atomic E-state index is 12.2. The number of carbonyl (C=O) groups is 3. The number of halogens is 1. The third-order valence-electron chi connectivity index (χ3n) is 3.45. The van der Waals surface area contributed by atoms with E-state index < -0.39 is 12.0 Å². The number of esters is 1. The molecule has 1 amide bonds. The van der Waals surface area contributed by atoms with Crippen molar-refractivity contribution in [3.8, 4) is 5.75 Å². The van der Waals surface area contributed by atoms with Crippen molar-refractivity contribution in [3.63, 3.8) is 0 Å². The number of ether oxygens (including phenoxy) is 2. The van der Waals surface area contributed by atoms with Gasteiger partial charge < -0.3 is 9.47 Å². The van der Waals surface area contributed by atoms with E-state index in [2.05, 4.69) is 0 Å². The zero-order valence-electron chi connectivity index (χ0n) is 12.3. The van der Waals surface area contributed by atoms with Crippen LogP contribution in [0.2, 0.25) is 0 Å². The summed E-state index contributed by atoms with van der Waals surface area (Å²) in [6.45, 7) is 1.61. The molecule has 0 saturated carbocycles. The monoisotopic (exact) mass is 325 g/mol. The lowest BCUT2D eigenvalue weighted by atomic mass is 10.1. The fourth-order valence-electron chi connectivity index (χ4n) is 2.35. The molecule has 1 aromatic carbocycles. The predicted molar refractivity (Wildman–Crippen MR) is 80.6 cm³/mol. The summed E-state index contributed by atoms with van der Waals surface area (Å²) in [5, 5.41) is 0. The van der Waals surface area contributed by atoms with Crippen molar-refractivity contribution in [3.05, 3.63) is 23.8 Å². The van der Waals surface area contributed by atoms with Gasteiger partial charge in [0.1, 0.15) is 11.8 Å². The van der Waals surface area contributed by atoms with Crippen molar-refractivity contribution in [2.24, 2.45) is 0 Å². The van der Waals surface area contributed by atoms with Gasteiger partial charge in [-0.2, -0.15) is 0 Å². The minimum absolute atomic E-state index is 0.163. The minimum atomic E-state index is -0.762. The number of fused-ring (bicyclic) bond motifs is 1. The SMILES string of the molecule is CCC(C(=O)OC)N1C(=O)COc2ccc(C(=O)CCl)cc21. The van der Waals surface area contributed by atoms with Crippen molar-refractivity contribution < 1.29 is 23.9 Å². The highest BCUT2D eigenvalue weighted by molar-refractivity contribution is 6.30. The summed E-state index contributed by atoms with van der Waals surface area (Å²) in [4.78, 5) is 37.2. The van der Waals surface area contributed by atoms with Crippen LogP contribution in [-0.2, 0) is 14.3 Å². The van der Waals surface area contributed by atoms with Crippen molar-refractivity contribution >= 4 is 34.9 Å². The van der Waals surface area contributed by atoms with Gasteiger partial charge in [0.05, 0.1) is 18.7 Å². The number of nitrogens with zero attached hydrogens (tertiary/aromatic N) is 1. The number of amides is 1. The van der Waals surface area contributed by atoms with E-state index in [9.17, 15) is 14.4 Å². The van der Waals surface area contributed by atoms with Crippen LogP contribution in [0.15, 0.2) is 18.2 Å². The number of alkyl halides is 1. The number of hydrogen-bond acceptors (Lipinski definition) is 5. The van der Waals surface area contributed by atoms with Gasteiger partial charge in [0.25, 0.3) is 5.91 Å². The molecule has 118 valence electrons. The molecule has 22 heavy (non-hydrogen) atoms. The van der Waals surface area contributed by atoms with Crippen LogP contribution in [0, 0.1) is 0 Å². The zero-order valence-corrected chi connectivity index (χ0v) is 13.1. The smallest absolute Gasteiger partial charge is 0.328 e. The Balaban J connectivity index is 2.50. The first kappa shape index (κ1) is 16.3. The Kier molecular flexibility index (Phi) is 5.03. The van der Waals surface area contributed by atoms with Crippen molar-refractivity contribution in [2.45, 2.75) is 19.4 Å². The molecule has 0 N–H and O–H groups in total. The number of carbonyl (C=O) groups excluding carboxylic acids is 3. The van der Waals surface area contributed by atoms with Crippen LogP contribution < -0.4 is 9.64 Å². The van der Waals surface area contributed by atoms with Crippen LogP contribution in [0.4, 0.5) is 5.69 Å². The van der Waals surface area contributed by atoms with Gasteiger partial charge >= 0.3 is 5.97 Å². The Morgan fingerprint density at radius 1 is 1.45 bits per heavy atom. The largest absolute Gasteiger partial charge is 0.482 e. The normalized spacial score (nSPS) is 14.9. The van der Waals surface area contributed by atoms with Crippen LogP contribution in [0.25, 0.3) is 0 Å². The first-order chi connectivity index (χ1) is 10.5. The van der Waals surface area contributed by atoms with E-state index >= 15 is 0 Å². The molecule has 0 radical (unpaired) electrons. The van der Waals surface area contributed by atoms with Gasteiger partial charge in [0.15, 0.2) is 12.4 Å². The van der Waals surface area contributed by atoms with E-state index in [1.807, 2.05) is 0 Å². The molecule has 1 aliphatic rings. The lowest BCUT2D eigenvalue weighted by Crippen LogP contribution is -2.49. The van der Waals surface area contributed by atoms with E-state index in [0.29, 0.717) is 23.4 Å². The molecular weight excluding hydrogens is 310 g/mol. The Labute approximate surface area is 132 Å². The fourth-order valence-corrected chi connectivity index (χ4v) is 2.51. The minimum Gasteiger partial charge on any atom is -0.482 e. The third-order valence-corrected chi connectivity index (χ3v) is 3.70. The molecule has 1 heterocycles. The summed E-state index contributed by atoms with van der Waals surface area (Å²) in [6.07, 6.45) is 0.380. The molecule has 0 saturated heterocycles. The van der Waals surface area contributed by atoms with E-state index in [1.54, 1.807) is 19.1 Å². The Morgan fingerprint density at radius 3 is 2.77 bits per heavy atom. The fraction of sp³-hybridized carbons (Fsp3) is 0.400. The van der Waals surface area contributed by atoms with Crippen molar-refractivity contribution in [1.29, 1.82) is 0 Å².